The Kier molecular flexibility index (Phi) is 5.15. The molecular weight excluding hydrogens is 332 g/mol. The van der Waals surface area contributed by atoms with Gasteiger partial charge in [-0.1, -0.05) is 6.07 Å². The number of carbonyl (C=O) groups excluding carboxylic acids is 1. The lowest BCUT2D eigenvalue weighted by molar-refractivity contribution is 0.0524. The lowest BCUT2D eigenvalue weighted by Crippen LogP contribution is -2.48. The van der Waals surface area contributed by atoms with Gasteiger partial charge < -0.3 is 19.7 Å². The van der Waals surface area contributed by atoms with Gasteiger partial charge in [-0.2, -0.15) is 0 Å². The molecule has 0 aliphatic carbocycles. The maximum absolute atomic E-state index is 11.7. The van der Waals surface area contributed by atoms with Gasteiger partial charge >= 0.3 is 6.09 Å². The highest BCUT2D eigenvalue weighted by molar-refractivity contribution is 5.93. The van der Waals surface area contributed by atoms with Crippen molar-refractivity contribution in [3.05, 3.63) is 24.5 Å². The first-order valence-corrected chi connectivity index (χ1v) is 8.87. The average molecular weight is 358 g/mol. The Bertz CT molecular complexity index is 782. The second kappa shape index (κ2) is 7.35. The van der Waals surface area contributed by atoms with Gasteiger partial charge in [0.2, 0.25) is 0 Å². The van der Waals surface area contributed by atoms with Gasteiger partial charge in [-0.15, -0.1) is 0 Å². The van der Waals surface area contributed by atoms with Crippen LogP contribution in [0.4, 0.5) is 10.6 Å². The van der Waals surface area contributed by atoms with Gasteiger partial charge in [0.25, 0.3) is 0 Å². The third kappa shape index (κ3) is 4.15. The number of aromatic nitrogens is 2. The number of ether oxygens (including phenoxy) is 2. The Morgan fingerprint density at radius 3 is 2.77 bits per heavy atom. The molecule has 0 saturated carbocycles. The van der Waals surface area contributed by atoms with E-state index in [1.54, 1.807) is 13.4 Å². The molecule has 1 N–H and O–H groups in total. The van der Waals surface area contributed by atoms with Crippen molar-refractivity contribution in [2.24, 2.45) is 5.92 Å². The number of benzene rings is 1. The van der Waals surface area contributed by atoms with Crippen LogP contribution in [0.25, 0.3) is 10.9 Å². The Morgan fingerprint density at radius 1 is 1.31 bits per heavy atom. The van der Waals surface area contributed by atoms with Crippen molar-refractivity contribution in [1.82, 2.24) is 15.3 Å². The minimum Gasteiger partial charge on any atom is -0.494 e. The predicted octanol–water partition coefficient (Wildman–Crippen LogP) is 2.99. The smallest absolute Gasteiger partial charge is 0.407 e. The summed E-state index contributed by atoms with van der Waals surface area (Å²) in [4.78, 5) is 22.7. The van der Waals surface area contributed by atoms with E-state index in [0.717, 1.165) is 42.0 Å². The van der Waals surface area contributed by atoms with Crippen LogP contribution in [0.2, 0.25) is 0 Å². The molecule has 1 aliphatic heterocycles. The number of methoxy groups -OCH3 is 1. The molecule has 0 bridgehead atoms. The molecule has 2 heterocycles. The molecule has 1 saturated heterocycles. The quantitative estimate of drug-likeness (QED) is 0.885. The number of hydrogen-bond acceptors (Lipinski definition) is 6. The molecule has 0 radical (unpaired) electrons. The van der Waals surface area contributed by atoms with E-state index in [2.05, 4.69) is 20.2 Å². The molecule has 1 fully saturated rings. The summed E-state index contributed by atoms with van der Waals surface area (Å²) in [6.07, 6.45) is 2.14. The van der Waals surface area contributed by atoms with Crippen LogP contribution >= 0.6 is 0 Å². The maximum Gasteiger partial charge on any atom is 0.407 e. The fourth-order valence-corrected chi connectivity index (χ4v) is 3.08. The van der Waals surface area contributed by atoms with Crippen molar-refractivity contribution in [3.63, 3.8) is 0 Å². The van der Waals surface area contributed by atoms with E-state index in [1.807, 2.05) is 39.0 Å². The Hall–Kier alpha value is -2.57. The summed E-state index contributed by atoms with van der Waals surface area (Å²) in [5.74, 6) is 2.22. The molecule has 140 valence electrons. The molecule has 3 rings (SSSR count). The number of nitrogens with one attached hydrogen (secondary N) is 1. The largest absolute Gasteiger partial charge is 0.494 e. The summed E-state index contributed by atoms with van der Waals surface area (Å²) in [6, 6.07) is 5.88. The van der Waals surface area contributed by atoms with Crippen molar-refractivity contribution >= 4 is 22.8 Å². The molecular formula is C19H26N4O3. The first-order valence-electron chi connectivity index (χ1n) is 8.87. The van der Waals surface area contributed by atoms with Gasteiger partial charge in [0.05, 0.1) is 7.11 Å². The predicted molar refractivity (Wildman–Crippen MR) is 101 cm³/mol. The maximum atomic E-state index is 11.7. The monoisotopic (exact) mass is 358 g/mol. The molecule has 2 aromatic rings. The van der Waals surface area contributed by atoms with Crippen LogP contribution in [0.1, 0.15) is 27.2 Å². The van der Waals surface area contributed by atoms with Crippen molar-refractivity contribution in [1.29, 1.82) is 0 Å². The van der Waals surface area contributed by atoms with E-state index in [1.165, 1.54) is 0 Å². The summed E-state index contributed by atoms with van der Waals surface area (Å²) < 4.78 is 10.6. The van der Waals surface area contributed by atoms with Gasteiger partial charge in [0.1, 0.15) is 29.0 Å². The fourth-order valence-electron chi connectivity index (χ4n) is 3.08. The summed E-state index contributed by atoms with van der Waals surface area (Å²) >= 11 is 0. The summed E-state index contributed by atoms with van der Waals surface area (Å²) in [6.45, 7) is 8.02. The minimum absolute atomic E-state index is 0.359. The Labute approximate surface area is 153 Å². The Morgan fingerprint density at radius 2 is 2.08 bits per heavy atom. The van der Waals surface area contributed by atoms with Gasteiger partial charge in [-0.05, 0) is 45.2 Å². The van der Waals surface area contributed by atoms with Gasteiger partial charge in [-0.25, -0.2) is 14.8 Å². The van der Waals surface area contributed by atoms with E-state index in [-0.39, 0.29) is 6.09 Å². The van der Waals surface area contributed by atoms with Crippen LogP contribution in [-0.4, -0.2) is 48.4 Å². The normalized spacial score (nSPS) is 14.8. The van der Waals surface area contributed by atoms with Gasteiger partial charge in [-0.3, -0.25) is 0 Å². The number of hydrogen-bond donors (Lipinski definition) is 1. The Balaban J connectivity index is 1.53. The molecule has 0 spiro atoms. The molecule has 0 atom stereocenters. The van der Waals surface area contributed by atoms with Crippen LogP contribution in [0.5, 0.6) is 5.75 Å². The molecule has 7 nitrogen and oxygen atoms in total. The zero-order valence-electron chi connectivity index (χ0n) is 15.8. The van der Waals surface area contributed by atoms with Crippen LogP contribution in [0, 0.1) is 5.92 Å². The van der Waals surface area contributed by atoms with E-state index in [9.17, 15) is 4.79 Å². The van der Waals surface area contributed by atoms with E-state index in [4.69, 9.17) is 9.47 Å². The van der Waals surface area contributed by atoms with Crippen molar-refractivity contribution in [3.8, 4) is 5.75 Å². The van der Waals surface area contributed by atoms with Crippen LogP contribution in [-0.2, 0) is 4.74 Å². The molecule has 0 unspecified atom stereocenters. The average Bonchev–Trinajstić information content (AvgIpc) is 2.54. The third-order valence-electron chi connectivity index (χ3n) is 4.30. The first-order chi connectivity index (χ1) is 12.4. The highest BCUT2D eigenvalue weighted by atomic mass is 16.6. The second-order valence-corrected chi connectivity index (χ2v) is 7.54. The number of fused-ring (bicyclic) bond motifs is 1. The molecule has 1 aromatic carbocycles. The zero-order valence-corrected chi connectivity index (χ0v) is 15.8. The molecule has 1 aliphatic rings. The van der Waals surface area contributed by atoms with Crippen LogP contribution in [0.15, 0.2) is 24.5 Å². The van der Waals surface area contributed by atoms with Crippen LogP contribution < -0.4 is 15.0 Å². The number of para-hydroxylation sites is 1. The summed E-state index contributed by atoms with van der Waals surface area (Å²) in [5.41, 5.74) is 0.363. The third-order valence-corrected chi connectivity index (χ3v) is 4.30. The first kappa shape index (κ1) is 18.2. The summed E-state index contributed by atoms with van der Waals surface area (Å²) in [5, 5.41) is 3.81. The zero-order chi connectivity index (χ0) is 18.7. The molecule has 1 amide bonds. The number of anilines is 1. The van der Waals surface area contributed by atoms with E-state index >= 15 is 0 Å². The van der Waals surface area contributed by atoms with E-state index in [0.29, 0.717) is 12.5 Å². The molecule has 7 heteroatoms. The number of carbonyl (C=O) groups is 1. The minimum atomic E-state index is -0.466. The van der Waals surface area contributed by atoms with Gasteiger partial charge in [0, 0.05) is 25.0 Å². The highest BCUT2D eigenvalue weighted by Gasteiger charge is 2.29. The van der Waals surface area contributed by atoms with Gasteiger partial charge in [0.15, 0.2) is 0 Å². The highest BCUT2D eigenvalue weighted by Crippen LogP contribution is 2.33. The van der Waals surface area contributed by atoms with Crippen molar-refractivity contribution < 1.29 is 14.3 Å². The summed E-state index contributed by atoms with van der Waals surface area (Å²) in [7, 11) is 1.65. The second-order valence-electron chi connectivity index (χ2n) is 7.54. The SMILES string of the molecule is COc1cccc2c(N3CC(CCNC(=O)OC(C)(C)C)C3)ncnc12. The lowest BCUT2D eigenvalue weighted by atomic mass is 9.96. The fraction of sp³-hybridized carbons (Fsp3) is 0.526. The lowest BCUT2D eigenvalue weighted by Gasteiger charge is -2.40. The molecule has 1 aromatic heterocycles. The van der Waals surface area contributed by atoms with E-state index < -0.39 is 5.60 Å². The number of nitrogens with zero attached hydrogens (tertiary/aromatic N) is 3. The van der Waals surface area contributed by atoms with Crippen LogP contribution in [0.3, 0.4) is 0 Å². The van der Waals surface area contributed by atoms with Crippen molar-refractivity contribution in [2.75, 3.05) is 31.6 Å². The topological polar surface area (TPSA) is 76.6 Å². The number of rotatable bonds is 5. The molecule has 26 heavy (non-hydrogen) atoms. The van der Waals surface area contributed by atoms with Crippen molar-refractivity contribution in [2.45, 2.75) is 32.8 Å². The standard InChI is InChI=1S/C19H26N4O3/c1-19(2,3)26-18(24)20-9-8-13-10-23(11-13)17-14-6-5-7-15(25-4)16(14)21-12-22-17/h5-7,12-13H,8-11H2,1-4H3,(H,20,24). The number of alkyl carbamates (subject to hydrolysis) is 1. The number of amides is 1.